The van der Waals surface area contributed by atoms with E-state index in [1.165, 1.54) is 49.0 Å². The van der Waals surface area contributed by atoms with E-state index in [1.807, 2.05) is 6.07 Å². The quantitative estimate of drug-likeness (QED) is 0.181. The lowest BCUT2D eigenvalue weighted by molar-refractivity contribution is 0.645. The normalized spacial score (nSPS) is 12.1. The lowest BCUT2D eigenvalue weighted by Gasteiger charge is -2.12. The summed E-state index contributed by atoms with van der Waals surface area (Å²) in [7, 11) is 0. The maximum Gasteiger partial charge on any atom is 0.213 e. The first-order chi connectivity index (χ1) is 26.8. The summed E-state index contributed by atoms with van der Waals surface area (Å²) in [5, 5.41) is 8.38. The van der Waals surface area contributed by atoms with Crippen LogP contribution in [0.15, 0.2) is 192 Å². The zero-order valence-electron chi connectivity index (χ0n) is 29.1. The fourth-order valence-electron chi connectivity index (χ4n) is 8.97. The molecule has 0 N–H and O–H groups in total. The first kappa shape index (κ1) is 29.3. The number of benzene rings is 8. The van der Waals surface area contributed by atoms with Gasteiger partial charge >= 0.3 is 0 Å². The van der Waals surface area contributed by atoms with Gasteiger partial charge in [-0.2, -0.15) is 0 Å². The Morgan fingerprint density at radius 3 is 1.59 bits per heavy atom. The molecule has 4 aromatic heterocycles. The van der Waals surface area contributed by atoms with Crippen LogP contribution >= 0.6 is 0 Å². The minimum atomic E-state index is 0.863. The van der Waals surface area contributed by atoms with Crippen molar-refractivity contribution in [3.63, 3.8) is 0 Å². The number of hydrogen-bond acceptors (Lipinski definition) is 1. The molecule has 0 spiro atoms. The Balaban J connectivity index is 1.17. The molecule has 252 valence electrons. The third kappa shape index (κ3) is 4.02. The second-order valence-electron chi connectivity index (χ2n) is 14.1. The number of furan rings is 1. The number of para-hydroxylation sites is 6. The van der Waals surface area contributed by atoms with E-state index in [1.54, 1.807) is 0 Å². The smallest absolute Gasteiger partial charge is 0.213 e. The highest BCUT2D eigenvalue weighted by atomic mass is 16.3. The molecule has 12 aromatic rings. The average Bonchev–Trinajstić information content (AvgIpc) is 3.97. The summed E-state index contributed by atoms with van der Waals surface area (Å²) in [4.78, 5) is 0. The van der Waals surface area contributed by atoms with Gasteiger partial charge < -0.3 is 13.6 Å². The Bertz CT molecular complexity index is 3380. The molecule has 8 aromatic carbocycles. The number of rotatable bonds is 4. The topological polar surface area (TPSA) is 27.9 Å². The molecule has 4 nitrogen and oxygen atoms in total. The highest BCUT2D eigenvalue weighted by Crippen LogP contribution is 2.44. The van der Waals surface area contributed by atoms with Crippen molar-refractivity contribution >= 4 is 76.6 Å². The fraction of sp³-hybridized carbons (Fsp3) is 0. The molecule has 4 heterocycles. The van der Waals surface area contributed by atoms with Gasteiger partial charge in [-0.3, -0.25) is 4.57 Å². The van der Waals surface area contributed by atoms with Gasteiger partial charge in [-0.25, -0.2) is 0 Å². The van der Waals surface area contributed by atoms with Crippen LogP contribution in [0.4, 0.5) is 0 Å². The minimum absolute atomic E-state index is 0.863. The highest BCUT2D eigenvalue weighted by Gasteiger charge is 2.23. The Hall–Kier alpha value is -7.30. The second kappa shape index (κ2) is 11.1. The fourth-order valence-corrected chi connectivity index (χ4v) is 8.97. The Morgan fingerprint density at radius 1 is 0.333 bits per heavy atom. The van der Waals surface area contributed by atoms with Crippen molar-refractivity contribution in [2.24, 2.45) is 0 Å². The summed E-state index contributed by atoms with van der Waals surface area (Å²) in [6.07, 6.45) is 0. The van der Waals surface area contributed by atoms with Crippen LogP contribution in [0.3, 0.4) is 0 Å². The molecular formula is C50H31N3O. The minimum Gasteiger partial charge on any atom is -0.439 e. The first-order valence-electron chi connectivity index (χ1n) is 18.4. The summed E-state index contributed by atoms with van der Waals surface area (Å²) in [5.74, 6) is 0. The van der Waals surface area contributed by atoms with Crippen molar-refractivity contribution in [2.45, 2.75) is 0 Å². The van der Waals surface area contributed by atoms with Crippen LogP contribution in [-0.2, 0) is 0 Å². The van der Waals surface area contributed by atoms with Crippen LogP contribution < -0.4 is 0 Å². The molecule has 0 amide bonds. The molecule has 4 heteroatoms. The third-order valence-electron chi connectivity index (χ3n) is 11.2. The van der Waals surface area contributed by atoms with Gasteiger partial charge in [0.2, 0.25) is 5.71 Å². The van der Waals surface area contributed by atoms with Crippen LogP contribution in [0.25, 0.3) is 105 Å². The van der Waals surface area contributed by atoms with E-state index in [0.717, 1.165) is 55.8 Å². The number of hydrogen-bond donors (Lipinski definition) is 0. The monoisotopic (exact) mass is 689 g/mol. The van der Waals surface area contributed by atoms with Gasteiger partial charge in [0.1, 0.15) is 5.58 Å². The predicted octanol–water partition coefficient (Wildman–Crippen LogP) is 13.4. The summed E-state index contributed by atoms with van der Waals surface area (Å²) in [6, 6.07) is 67.7. The van der Waals surface area contributed by atoms with E-state index in [9.17, 15) is 0 Å². The van der Waals surface area contributed by atoms with Gasteiger partial charge in [-0.15, -0.1) is 0 Å². The molecule has 54 heavy (non-hydrogen) atoms. The number of fused-ring (bicyclic) bond motifs is 11. The van der Waals surface area contributed by atoms with E-state index < -0.39 is 0 Å². The average molecular weight is 690 g/mol. The second-order valence-corrected chi connectivity index (χ2v) is 14.1. The molecule has 0 aliphatic heterocycles. The van der Waals surface area contributed by atoms with Crippen LogP contribution in [0.1, 0.15) is 0 Å². The predicted molar refractivity (Wildman–Crippen MR) is 225 cm³/mol. The number of aromatic nitrogens is 3. The largest absolute Gasteiger partial charge is 0.439 e. The van der Waals surface area contributed by atoms with Crippen LogP contribution in [-0.4, -0.2) is 13.7 Å². The van der Waals surface area contributed by atoms with Gasteiger partial charge in [0.25, 0.3) is 0 Å². The third-order valence-corrected chi connectivity index (χ3v) is 11.2. The summed E-state index contributed by atoms with van der Waals surface area (Å²) in [5.41, 5.74) is 13.3. The van der Waals surface area contributed by atoms with Gasteiger partial charge in [0, 0.05) is 54.9 Å². The van der Waals surface area contributed by atoms with E-state index in [4.69, 9.17) is 4.42 Å². The van der Waals surface area contributed by atoms with Crippen molar-refractivity contribution in [2.75, 3.05) is 0 Å². The lowest BCUT2D eigenvalue weighted by Crippen LogP contribution is -1.95. The summed E-state index contributed by atoms with van der Waals surface area (Å²) < 4.78 is 13.8. The lowest BCUT2D eigenvalue weighted by atomic mass is 9.99. The maximum atomic E-state index is 6.66. The van der Waals surface area contributed by atoms with Gasteiger partial charge in [-0.1, -0.05) is 115 Å². The zero-order chi connectivity index (χ0) is 35.3. The van der Waals surface area contributed by atoms with Crippen LogP contribution in [0.2, 0.25) is 0 Å². The van der Waals surface area contributed by atoms with Crippen LogP contribution in [0, 0.1) is 0 Å². The van der Waals surface area contributed by atoms with Crippen molar-refractivity contribution < 1.29 is 4.42 Å². The zero-order valence-corrected chi connectivity index (χ0v) is 29.1. The van der Waals surface area contributed by atoms with E-state index in [2.05, 4.69) is 196 Å². The molecule has 0 aliphatic carbocycles. The number of nitrogens with zero attached hydrogens (tertiary/aromatic N) is 3. The van der Waals surface area contributed by atoms with Crippen molar-refractivity contribution in [3.05, 3.63) is 188 Å². The van der Waals surface area contributed by atoms with E-state index in [-0.39, 0.29) is 0 Å². The van der Waals surface area contributed by atoms with Crippen LogP contribution in [0.5, 0.6) is 0 Å². The van der Waals surface area contributed by atoms with E-state index in [0.29, 0.717) is 0 Å². The Kier molecular flexibility index (Phi) is 6.02. The Morgan fingerprint density at radius 2 is 0.870 bits per heavy atom. The van der Waals surface area contributed by atoms with Gasteiger partial charge in [0.05, 0.1) is 33.0 Å². The van der Waals surface area contributed by atoms with Gasteiger partial charge in [0.15, 0.2) is 0 Å². The summed E-state index contributed by atoms with van der Waals surface area (Å²) in [6.45, 7) is 0. The van der Waals surface area contributed by atoms with Crippen molar-refractivity contribution in [1.29, 1.82) is 0 Å². The molecule has 0 unspecified atom stereocenters. The molecule has 12 rings (SSSR count). The standard InChI is InChI=1S/C50H31N3O/c1-3-14-33(15-4-1)51-45-28-26-32(30-41(45)42-31-35(27-29-46(42)51)52-43-23-10-7-18-37(43)38-19-8-11-24-44(38)52)36-21-13-22-40-48-39-20-9-12-25-47(39)54-50(48)53(49(36)40)34-16-5-2-6-17-34/h1-31H. The maximum absolute atomic E-state index is 6.66. The van der Waals surface area contributed by atoms with Gasteiger partial charge in [-0.05, 0) is 78.4 Å². The molecular weight excluding hydrogens is 659 g/mol. The van der Waals surface area contributed by atoms with Crippen molar-refractivity contribution in [1.82, 2.24) is 13.7 Å². The van der Waals surface area contributed by atoms with Crippen molar-refractivity contribution in [3.8, 4) is 28.2 Å². The molecule has 0 fully saturated rings. The molecule has 0 bridgehead atoms. The first-order valence-corrected chi connectivity index (χ1v) is 18.4. The summed E-state index contributed by atoms with van der Waals surface area (Å²) >= 11 is 0. The SMILES string of the molecule is c1ccc(-n2c3ccc(-c4cccc5c6c7ccccc7oc6n(-c6ccccc6)c45)cc3c3cc(-n4c5ccccc5c5ccccc54)ccc32)cc1. The Labute approximate surface area is 309 Å². The van der Waals surface area contributed by atoms with E-state index >= 15 is 0 Å². The molecule has 0 atom stereocenters. The highest BCUT2D eigenvalue weighted by molar-refractivity contribution is 6.22. The molecule has 0 saturated carbocycles. The molecule has 0 aliphatic rings. The molecule has 0 saturated heterocycles. The molecule has 0 radical (unpaired) electrons.